The Morgan fingerprint density at radius 2 is 1.85 bits per heavy atom. The van der Waals surface area contributed by atoms with Crippen LogP contribution in [0.4, 0.5) is 0 Å². The summed E-state index contributed by atoms with van der Waals surface area (Å²) in [6, 6.07) is 8.10. The Kier molecular flexibility index (Phi) is 3.31. The molecule has 3 heteroatoms. The topological polar surface area (TPSA) is 58.6 Å². The van der Waals surface area contributed by atoms with Crippen molar-refractivity contribution in [2.45, 2.75) is 19.8 Å². The van der Waals surface area contributed by atoms with Crippen molar-refractivity contribution in [2.75, 3.05) is 0 Å². The number of amidine groups is 1. The number of nitrogens with two attached hydrogens (primary N) is 1. The van der Waals surface area contributed by atoms with Crippen molar-refractivity contribution >= 4 is 5.84 Å². The highest BCUT2D eigenvalue weighted by Crippen LogP contribution is 2.05. The fourth-order valence-electron chi connectivity index (χ4n) is 1.14. The molecule has 0 aliphatic carbocycles. The SMILES string of the molecule is CCc1ccc(CC(N)=NO)cc1. The van der Waals surface area contributed by atoms with E-state index in [1.807, 2.05) is 12.1 Å². The van der Waals surface area contributed by atoms with Crippen LogP contribution in [-0.2, 0) is 12.8 Å². The van der Waals surface area contributed by atoms with E-state index in [4.69, 9.17) is 10.9 Å². The maximum absolute atomic E-state index is 8.36. The molecule has 0 aliphatic heterocycles. The summed E-state index contributed by atoms with van der Waals surface area (Å²) in [6.45, 7) is 2.11. The second kappa shape index (κ2) is 4.50. The second-order valence-electron chi connectivity index (χ2n) is 2.94. The molecule has 0 radical (unpaired) electrons. The molecule has 0 bridgehead atoms. The molecule has 1 aromatic rings. The van der Waals surface area contributed by atoms with Crippen LogP contribution in [0.1, 0.15) is 18.1 Å². The predicted molar refractivity (Wildman–Crippen MR) is 52.9 cm³/mol. The van der Waals surface area contributed by atoms with E-state index in [1.54, 1.807) is 0 Å². The Morgan fingerprint density at radius 3 is 2.31 bits per heavy atom. The Hall–Kier alpha value is -1.51. The molecule has 1 rings (SSSR count). The summed E-state index contributed by atoms with van der Waals surface area (Å²) in [4.78, 5) is 0. The number of hydrogen-bond acceptors (Lipinski definition) is 2. The van der Waals surface area contributed by atoms with Crippen LogP contribution in [0, 0.1) is 0 Å². The molecule has 0 spiro atoms. The van der Waals surface area contributed by atoms with E-state index in [-0.39, 0.29) is 5.84 Å². The van der Waals surface area contributed by atoms with Gasteiger partial charge in [0.2, 0.25) is 0 Å². The highest BCUT2D eigenvalue weighted by molar-refractivity contribution is 5.81. The smallest absolute Gasteiger partial charge is 0.143 e. The van der Waals surface area contributed by atoms with E-state index in [0.29, 0.717) is 6.42 Å². The van der Waals surface area contributed by atoms with Crippen molar-refractivity contribution in [1.29, 1.82) is 0 Å². The number of rotatable bonds is 3. The van der Waals surface area contributed by atoms with Crippen molar-refractivity contribution in [2.24, 2.45) is 10.9 Å². The zero-order valence-corrected chi connectivity index (χ0v) is 7.70. The number of nitrogens with zero attached hydrogens (tertiary/aromatic N) is 1. The van der Waals surface area contributed by atoms with E-state index in [1.165, 1.54) is 5.56 Å². The van der Waals surface area contributed by atoms with Gasteiger partial charge in [0.25, 0.3) is 0 Å². The van der Waals surface area contributed by atoms with Crippen LogP contribution in [0.3, 0.4) is 0 Å². The molecule has 1 aromatic carbocycles. The summed E-state index contributed by atoms with van der Waals surface area (Å²) < 4.78 is 0. The Labute approximate surface area is 77.9 Å². The fourth-order valence-corrected chi connectivity index (χ4v) is 1.14. The van der Waals surface area contributed by atoms with Gasteiger partial charge in [0, 0.05) is 6.42 Å². The zero-order valence-electron chi connectivity index (χ0n) is 7.70. The third-order valence-electron chi connectivity index (χ3n) is 1.94. The van der Waals surface area contributed by atoms with Gasteiger partial charge < -0.3 is 10.9 Å². The minimum Gasteiger partial charge on any atom is -0.409 e. The molecule has 3 nitrogen and oxygen atoms in total. The molecular formula is C10H14N2O. The first-order chi connectivity index (χ1) is 6.26. The number of aryl methyl sites for hydroxylation is 1. The van der Waals surface area contributed by atoms with Crippen molar-refractivity contribution in [1.82, 2.24) is 0 Å². The summed E-state index contributed by atoms with van der Waals surface area (Å²) in [5.74, 6) is 0.240. The lowest BCUT2D eigenvalue weighted by molar-refractivity contribution is 0.317. The van der Waals surface area contributed by atoms with Crippen molar-refractivity contribution in [3.63, 3.8) is 0 Å². The van der Waals surface area contributed by atoms with Crippen molar-refractivity contribution < 1.29 is 5.21 Å². The van der Waals surface area contributed by atoms with E-state index >= 15 is 0 Å². The van der Waals surface area contributed by atoms with Crippen LogP contribution >= 0.6 is 0 Å². The monoisotopic (exact) mass is 178 g/mol. The molecule has 0 atom stereocenters. The molecule has 70 valence electrons. The summed E-state index contributed by atoms with van der Waals surface area (Å²) in [5, 5.41) is 11.3. The standard InChI is InChI=1S/C10H14N2O/c1-2-8-3-5-9(6-4-8)7-10(11)12-13/h3-6,13H,2,7H2,1H3,(H2,11,12). The fraction of sp³-hybridized carbons (Fsp3) is 0.300. The minimum absolute atomic E-state index is 0.240. The quantitative estimate of drug-likeness (QED) is 0.319. The Bertz CT molecular complexity index is 290. The Morgan fingerprint density at radius 1 is 1.31 bits per heavy atom. The van der Waals surface area contributed by atoms with Crippen LogP contribution < -0.4 is 5.73 Å². The van der Waals surface area contributed by atoms with Gasteiger partial charge in [0.1, 0.15) is 5.84 Å². The summed E-state index contributed by atoms with van der Waals surface area (Å²) in [7, 11) is 0. The molecule has 0 aliphatic rings. The van der Waals surface area contributed by atoms with E-state index in [2.05, 4.69) is 24.2 Å². The highest BCUT2D eigenvalue weighted by Gasteiger charge is 1.96. The van der Waals surface area contributed by atoms with Crippen LogP contribution in [0.15, 0.2) is 29.4 Å². The lowest BCUT2D eigenvalue weighted by Gasteiger charge is -2.00. The first kappa shape index (κ1) is 9.58. The zero-order chi connectivity index (χ0) is 9.68. The predicted octanol–water partition coefficient (Wildman–Crippen LogP) is 1.54. The number of hydrogen-bond donors (Lipinski definition) is 2. The summed E-state index contributed by atoms with van der Waals surface area (Å²) >= 11 is 0. The Balaban J connectivity index is 2.69. The van der Waals surface area contributed by atoms with Crippen LogP contribution in [0.5, 0.6) is 0 Å². The summed E-state index contributed by atoms with van der Waals surface area (Å²) in [6.07, 6.45) is 1.53. The molecule has 0 aromatic heterocycles. The van der Waals surface area contributed by atoms with Crippen LogP contribution in [0.25, 0.3) is 0 Å². The second-order valence-corrected chi connectivity index (χ2v) is 2.94. The molecule has 0 saturated heterocycles. The lowest BCUT2D eigenvalue weighted by atomic mass is 10.1. The van der Waals surface area contributed by atoms with E-state index in [9.17, 15) is 0 Å². The normalized spacial score (nSPS) is 11.6. The van der Waals surface area contributed by atoms with Crippen molar-refractivity contribution in [3.05, 3.63) is 35.4 Å². The van der Waals surface area contributed by atoms with Gasteiger partial charge in [-0.3, -0.25) is 0 Å². The van der Waals surface area contributed by atoms with Gasteiger partial charge in [-0.1, -0.05) is 36.3 Å². The average molecular weight is 178 g/mol. The van der Waals surface area contributed by atoms with Gasteiger partial charge >= 0.3 is 0 Å². The van der Waals surface area contributed by atoms with Gasteiger partial charge in [-0.05, 0) is 17.5 Å². The summed E-state index contributed by atoms with van der Waals surface area (Å²) in [5.41, 5.74) is 7.73. The molecule has 0 heterocycles. The molecule has 0 fully saturated rings. The maximum Gasteiger partial charge on any atom is 0.143 e. The van der Waals surface area contributed by atoms with Crippen LogP contribution in [-0.4, -0.2) is 11.0 Å². The molecule has 13 heavy (non-hydrogen) atoms. The van der Waals surface area contributed by atoms with E-state index < -0.39 is 0 Å². The molecule has 3 N–H and O–H groups in total. The number of benzene rings is 1. The number of oxime groups is 1. The third kappa shape index (κ3) is 2.78. The van der Waals surface area contributed by atoms with Gasteiger partial charge in [-0.2, -0.15) is 0 Å². The van der Waals surface area contributed by atoms with Gasteiger partial charge in [0.15, 0.2) is 0 Å². The van der Waals surface area contributed by atoms with Gasteiger partial charge in [-0.15, -0.1) is 0 Å². The molecule has 0 amide bonds. The minimum atomic E-state index is 0.240. The van der Waals surface area contributed by atoms with Crippen molar-refractivity contribution in [3.8, 4) is 0 Å². The highest BCUT2D eigenvalue weighted by atomic mass is 16.4. The molecule has 0 saturated carbocycles. The first-order valence-electron chi connectivity index (χ1n) is 4.30. The molecule has 0 unspecified atom stereocenters. The van der Waals surface area contributed by atoms with E-state index in [0.717, 1.165) is 12.0 Å². The van der Waals surface area contributed by atoms with Gasteiger partial charge in [-0.25, -0.2) is 0 Å². The van der Waals surface area contributed by atoms with Crippen LogP contribution in [0.2, 0.25) is 0 Å². The molecular weight excluding hydrogens is 164 g/mol. The third-order valence-corrected chi connectivity index (χ3v) is 1.94. The average Bonchev–Trinajstić information content (AvgIpc) is 2.19. The van der Waals surface area contributed by atoms with Gasteiger partial charge in [0.05, 0.1) is 0 Å². The first-order valence-corrected chi connectivity index (χ1v) is 4.30. The largest absolute Gasteiger partial charge is 0.409 e. The lowest BCUT2D eigenvalue weighted by Crippen LogP contribution is -2.14. The maximum atomic E-state index is 8.36.